The van der Waals surface area contributed by atoms with Gasteiger partial charge >= 0.3 is 0 Å². The normalized spacial score (nSPS) is 28.5. The minimum Gasteiger partial charge on any atom is -0.396 e. The van der Waals surface area contributed by atoms with Crippen molar-refractivity contribution in [2.24, 2.45) is 17.8 Å². The highest BCUT2D eigenvalue weighted by molar-refractivity contribution is 5.75. The Bertz CT molecular complexity index is 274. The average Bonchev–Trinajstić information content (AvgIpc) is 2.91. The molecule has 2 aliphatic carbocycles. The van der Waals surface area contributed by atoms with Gasteiger partial charge in [-0.1, -0.05) is 38.5 Å². The standard InChI is InChI=1S/C16H29NO2/c18-12-15-8-4-7-14(15)11-17-16(19)10-9-13-5-2-1-3-6-13/h13-15,18H,1-12H2,(H,17,19). The van der Waals surface area contributed by atoms with E-state index >= 15 is 0 Å². The Morgan fingerprint density at radius 2 is 1.74 bits per heavy atom. The molecule has 2 atom stereocenters. The predicted molar refractivity (Wildman–Crippen MR) is 76.7 cm³/mol. The lowest BCUT2D eigenvalue weighted by atomic mass is 9.86. The predicted octanol–water partition coefficient (Wildman–Crippen LogP) is 2.87. The van der Waals surface area contributed by atoms with Crippen molar-refractivity contribution in [3.63, 3.8) is 0 Å². The van der Waals surface area contributed by atoms with Crippen molar-refractivity contribution in [1.29, 1.82) is 0 Å². The van der Waals surface area contributed by atoms with Crippen LogP contribution in [0.1, 0.15) is 64.2 Å². The molecule has 2 fully saturated rings. The summed E-state index contributed by atoms with van der Waals surface area (Å²) in [5.74, 6) is 1.92. The van der Waals surface area contributed by atoms with Crippen LogP contribution in [0.2, 0.25) is 0 Å². The van der Waals surface area contributed by atoms with E-state index < -0.39 is 0 Å². The zero-order chi connectivity index (χ0) is 13.5. The van der Waals surface area contributed by atoms with Gasteiger partial charge in [-0.25, -0.2) is 0 Å². The number of hydrogen-bond donors (Lipinski definition) is 2. The summed E-state index contributed by atoms with van der Waals surface area (Å²) in [5, 5.41) is 12.3. The Hall–Kier alpha value is -0.570. The number of carbonyl (C=O) groups is 1. The van der Waals surface area contributed by atoms with Gasteiger partial charge in [0.2, 0.25) is 5.91 Å². The Morgan fingerprint density at radius 1 is 1.00 bits per heavy atom. The number of amides is 1. The Morgan fingerprint density at radius 3 is 2.47 bits per heavy atom. The SMILES string of the molecule is O=C(CCC1CCCCC1)NCC1CCCC1CO. The molecule has 1 amide bonds. The number of rotatable bonds is 6. The number of aliphatic hydroxyl groups excluding tert-OH is 1. The van der Waals surface area contributed by atoms with E-state index in [9.17, 15) is 9.90 Å². The van der Waals surface area contributed by atoms with Gasteiger partial charge in [0.25, 0.3) is 0 Å². The first-order valence-electron chi connectivity index (χ1n) is 8.17. The largest absolute Gasteiger partial charge is 0.396 e. The maximum absolute atomic E-state index is 11.9. The van der Waals surface area contributed by atoms with E-state index in [0.29, 0.717) is 18.3 Å². The van der Waals surface area contributed by atoms with Crippen molar-refractivity contribution in [2.75, 3.05) is 13.2 Å². The van der Waals surface area contributed by atoms with Crippen LogP contribution in [0.25, 0.3) is 0 Å². The molecular formula is C16H29NO2. The molecule has 2 saturated carbocycles. The smallest absolute Gasteiger partial charge is 0.220 e. The summed E-state index contributed by atoms with van der Waals surface area (Å²) in [7, 11) is 0. The molecule has 0 aromatic rings. The van der Waals surface area contributed by atoms with Crippen LogP contribution >= 0.6 is 0 Å². The summed E-state index contributed by atoms with van der Waals surface area (Å²) < 4.78 is 0. The van der Waals surface area contributed by atoms with Gasteiger partial charge in [0.1, 0.15) is 0 Å². The molecule has 0 aliphatic heterocycles. The third-order valence-corrected chi connectivity index (χ3v) is 5.12. The summed E-state index contributed by atoms with van der Waals surface area (Å²) in [6.07, 6.45) is 12.0. The Balaban J connectivity index is 1.58. The van der Waals surface area contributed by atoms with E-state index in [1.54, 1.807) is 0 Å². The molecule has 2 rings (SSSR count). The molecule has 2 aliphatic rings. The minimum absolute atomic E-state index is 0.217. The van der Waals surface area contributed by atoms with Gasteiger partial charge in [-0.2, -0.15) is 0 Å². The van der Waals surface area contributed by atoms with E-state index in [2.05, 4.69) is 5.32 Å². The van der Waals surface area contributed by atoms with Crippen LogP contribution in [0.3, 0.4) is 0 Å². The highest BCUT2D eigenvalue weighted by Crippen LogP contribution is 2.31. The van der Waals surface area contributed by atoms with E-state index in [-0.39, 0.29) is 12.5 Å². The molecule has 3 heteroatoms. The Kier molecular flexibility index (Phi) is 6.15. The summed E-state index contributed by atoms with van der Waals surface area (Å²) >= 11 is 0. The summed E-state index contributed by atoms with van der Waals surface area (Å²) in [6.45, 7) is 1.05. The molecule has 2 N–H and O–H groups in total. The van der Waals surface area contributed by atoms with Crippen LogP contribution in [0, 0.1) is 17.8 Å². The first-order chi connectivity index (χ1) is 9.29. The average molecular weight is 267 g/mol. The fraction of sp³-hybridized carbons (Fsp3) is 0.938. The topological polar surface area (TPSA) is 49.3 Å². The molecule has 3 nitrogen and oxygen atoms in total. The molecule has 2 unspecified atom stereocenters. The molecule has 19 heavy (non-hydrogen) atoms. The van der Waals surface area contributed by atoms with Crippen molar-refractivity contribution in [3.05, 3.63) is 0 Å². The maximum Gasteiger partial charge on any atom is 0.220 e. The van der Waals surface area contributed by atoms with Crippen LogP contribution in [0.15, 0.2) is 0 Å². The molecule has 0 bridgehead atoms. The fourth-order valence-electron chi connectivity index (χ4n) is 3.77. The van der Waals surface area contributed by atoms with Crippen LogP contribution in [-0.4, -0.2) is 24.2 Å². The lowest BCUT2D eigenvalue weighted by Gasteiger charge is -2.21. The van der Waals surface area contributed by atoms with Crippen LogP contribution in [0.4, 0.5) is 0 Å². The van der Waals surface area contributed by atoms with Crippen molar-refractivity contribution >= 4 is 5.91 Å². The second-order valence-corrected chi connectivity index (χ2v) is 6.48. The van der Waals surface area contributed by atoms with Gasteiger partial charge in [-0.3, -0.25) is 4.79 Å². The number of hydrogen-bond acceptors (Lipinski definition) is 2. The first kappa shape index (κ1) is 14.8. The van der Waals surface area contributed by atoms with E-state index in [1.165, 1.54) is 38.5 Å². The van der Waals surface area contributed by atoms with Crippen molar-refractivity contribution < 1.29 is 9.90 Å². The van der Waals surface area contributed by atoms with Crippen molar-refractivity contribution in [1.82, 2.24) is 5.32 Å². The van der Waals surface area contributed by atoms with Gasteiger partial charge in [-0.05, 0) is 37.0 Å². The van der Waals surface area contributed by atoms with Crippen LogP contribution in [-0.2, 0) is 4.79 Å². The fourth-order valence-corrected chi connectivity index (χ4v) is 3.77. The monoisotopic (exact) mass is 267 g/mol. The molecule has 110 valence electrons. The Labute approximate surface area is 117 Å². The molecule has 0 heterocycles. The minimum atomic E-state index is 0.217. The van der Waals surface area contributed by atoms with Gasteiger partial charge in [0.05, 0.1) is 0 Å². The molecule has 0 saturated heterocycles. The second-order valence-electron chi connectivity index (χ2n) is 6.48. The molecule has 0 aromatic carbocycles. The van der Waals surface area contributed by atoms with Gasteiger partial charge < -0.3 is 10.4 Å². The van der Waals surface area contributed by atoms with Gasteiger partial charge in [0, 0.05) is 19.6 Å². The lowest BCUT2D eigenvalue weighted by Crippen LogP contribution is -2.31. The number of nitrogens with one attached hydrogen (secondary N) is 1. The quantitative estimate of drug-likeness (QED) is 0.777. The summed E-state index contributed by atoms with van der Waals surface area (Å²) in [6, 6.07) is 0. The highest BCUT2D eigenvalue weighted by atomic mass is 16.3. The molecule has 0 radical (unpaired) electrons. The zero-order valence-corrected chi connectivity index (χ0v) is 12.1. The van der Waals surface area contributed by atoms with Crippen LogP contribution in [0.5, 0.6) is 0 Å². The first-order valence-corrected chi connectivity index (χ1v) is 8.17. The van der Waals surface area contributed by atoms with Crippen LogP contribution < -0.4 is 5.32 Å². The van der Waals surface area contributed by atoms with Gasteiger partial charge in [0.15, 0.2) is 0 Å². The summed E-state index contributed by atoms with van der Waals surface area (Å²) in [4.78, 5) is 11.9. The molecule has 0 aromatic heterocycles. The number of carbonyl (C=O) groups excluding carboxylic acids is 1. The van der Waals surface area contributed by atoms with Crippen molar-refractivity contribution in [3.8, 4) is 0 Å². The maximum atomic E-state index is 11.9. The molecular weight excluding hydrogens is 238 g/mol. The lowest BCUT2D eigenvalue weighted by molar-refractivity contribution is -0.121. The zero-order valence-electron chi connectivity index (χ0n) is 12.1. The highest BCUT2D eigenvalue weighted by Gasteiger charge is 2.26. The van der Waals surface area contributed by atoms with E-state index in [0.717, 1.165) is 31.7 Å². The summed E-state index contributed by atoms with van der Waals surface area (Å²) in [5.41, 5.74) is 0. The number of aliphatic hydroxyl groups is 1. The molecule has 0 spiro atoms. The van der Waals surface area contributed by atoms with E-state index in [4.69, 9.17) is 0 Å². The third-order valence-electron chi connectivity index (χ3n) is 5.12. The second kappa shape index (κ2) is 7.88. The van der Waals surface area contributed by atoms with Crippen molar-refractivity contribution in [2.45, 2.75) is 64.2 Å². The van der Waals surface area contributed by atoms with E-state index in [1.807, 2.05) is 0 Å². The van der Waals surface area contributed by atoms with Gasteiger partial charge in [-0.15, -0.1) is 0 Å². The third kappa shape index (κ3) is 4.79.